The van der Waals surface area contributed by atoms with Gasteiger partial charge in [-0.15, -0.1) is 0 Å². The summed E-state index contributed by atoms with van der Waals surface area (Å²) in [5.41, 5.74) is 0.292. The molecule has 26 heavy (non-hydrogen) atoms. The van der Waals surface area contributed by atoms with Gasteiger partial charge in [-0.2, -0.15) is 0 Å². The minimum atomic E-state index is -0.502. The fourth-order valence-electron chi connectivity index (χ4n) is 2.65. The number of amides is 2. The summed E-state index contributed by atoms with van der Waals surface area (Å²) in [6.45, 7) is 3.00. The lowest BCUT2D eigenvalue weighted by atomic mass is 10.2. The average molecular weight is 357 g/mol. The van der Waals surface area contributed by atoms with Crippen molar-refractivity contribution >= 4 is 17.4 Å². The second-order valence-electron chi connectivity index (χ2n) is 5.77. The first-order valence-electron chi connectivity index (χ1n) is 8.25. The second-order valence-corrected chi connectivity index (χ2v) is 5.77. The lowest BCUT2D eigenvalue weighted by molar-refractivity contribution is -0.384. The van der Waals surface area contributed by atoms with Gasteiger partial charge < -0.3 is 19.7 Å². The quantitative estimate of drug-likeness (QED) is 0.654. The topological polar surface area (TPSA) is 93.9 Å². The molecule has 1 unspecified atom stereocenters. The van der Waals surface area contributed by atoms with Gasteiger partial charge in [0.1, 0.15) is 6.61 Å². The first-order valence-corrected chi connectivity index (χ1v) is 8.25. The van der Waals surface area contributed by atoms with E-state index in [1.165, 1.54) is 18.2 Å². The average Bonchev–Trinajstić information content (AvgIpc) is 2.66. The molecule has 1 N–H and O–H groups in total. The van der Waals surface area contributed by atoms with Crippen LogP contribution in [-0.4, -0.2) is 41.7 Å². The predicted octanol–water partition coefficient (Wildman–Crippen LogP) is 3.29. The smallest absolute Gasteiger partial charge is 0.321 e. The monoisotopic (exact) mass is 357 g/mol. The van der Waals surface area contributed by atoms with Crippen LogP contribution in [0, 0.1) is 10.1 Å². The highest BCUT2D eigenvalue weighted by atomic mass is 16.6. The molecule has 2 aromatic carbocycles. The molecule has 0 spiro atoms. The van der Waals surface area contributed by atoms with Gasteiger partial charge in [0.05, 0.1) is 11.5 Å². The van der Waals surface area contributed by atoms with Crippen LogP contribution in [0.1, 0.15) is 6.92 Å². The molecule has 1 aliphatic heterocycles. The van der Waals surface area contributed by atoms with E-state index >= 15 is 0 Å². The van der Waals surface area contributed by atoms with Crippen molar-refractivity contribution in [2.24, 2.45) is 0 Å². The number of likely N-dealkylation sites (N-methyl/N-ethyl adjacent to an activating group) is 1. The lowest BCUT2D eigenvalue weighted by Crippen LogP contribution is -2.45. The van der Waals surface area contributed by atoms with Crippen molar-refractivity contribution in [1.82, 2.24) is 4.90 Å². The number of hydrogen-bond donors (Lipinski definition) is 1. The van der Waals surface area contributed by atoms with Crippen LogP contribution in [-0.2, 0) is 0 Å². The van der Waals surface area contributed by atoms with Crippen molar-refractivity contribution in [3.05, 3.63) is 58.6 Å². The number of non-ortho nitro benzene ring substituents is 1. The van der Waals surface area contributed by atoms with E-state index in [-0.39, 0.29) is 17.8 Å². The van der Waals surface area contributed by atoms with Gasteiger partial charge in [0.15, 0.2) is 17.6 Å². The Kier molecular flexibility index (Phi) is 5.21. The summed E-state index contributed by atoms with van der Waals surface area (Å²) in [6.07, 6.45) is -0.291. The standard InChI is InChI=1S/C18H19N3O5/c1-2-20(11-15-12-25-16-8-3-4-9-17(16)26-15)18(22)19-13-6-5-7-14(10-13)21(23)24/h3-10,15H,2,11-12H2,1H3,(H,19,22). The molecule has 1 aliphatic rings. The number of nitrogens with one attached hydrogen (secondary N) is 1. The number of benzene rings is 2. The van der Waals surface area contributed by atoms with Crippen LogP contribution in [0.15, 0.2) is 48.5 Å². The summed E-state index contributed by atoms with van der Waals surface area (Å²) < 4.78 is 11.5. The predicted molar refractivity (Wildman–Crippen MR) is 95.7 cm³/mol. The third-order valence-corrected chi connectivity index (χ3v) is 3.97. The van der Waals surface area contributed by atoms with Gasteiger partial charge in [-0.3, -0.25) is 10.1 Å². The Balaban J connectivity index is 1.63. The molecule has 2 amide bonds. The number of carbonyl (C=O) groups excluding carboxylic acids is 1. The van der Waals surface area contributed by atoms with Crippen LogP contribution in [0.3, 0.4) is 0 Å². The van der Waals surface area contributed by atoms with Crippen molar-refractivity contribution in [2.45, 2.75) is 13.0 Å². The highest BCUT2D eigenvalue weighted by molar-refractivity contribution is 5.89. The summed E-state index contributed by atoms with van der Waals surface area (Å²) in [6, 6.07) is 12.9. The Morgan fingerprint density at radius 3 is 2.77 bits per heavy atom. The molecule has 0 saturated carbocycles. The summed E-state index contributed by atoms with van der Waals surface area (Å²) in [4.78, 5) is 24.4. The molecule has 2 aromatic rings. The summed E-state index contributed by atoms with van der Waals surface area (Å²) in [7, 11) is 0. The van der Waals surface area contributed by atoms with Gasteiger partial charge in [-0.05, 0) is 25.1 Å². The number of nitrogens with zero attached hydrogens (tertiary/aromatic N) is 2. The Morgan fingerprint density at radius 1 is 1.27 bits per heavy atom. The van der Waals surface area contributed by atoms with E-state index in [0.717, 1.165) is 0 Å². The summed E-state index contributed by atoms with van der Waals surface area (Å²) in [5, 5.41) is 13.5. The first kappa shape index (κ1) is 17.5. The van der Waals surface area contributed by atoms with Gasteiger partial charge in [-0.1, -0.05) is 18.2 Å². The number of para-hydroxylation sites is 2. The molecular weight excluding hydrogens is 338 g/mol. The third-order valence-electron chi connectivity index (χ3n) is 3.97. The summed E-state index contributed by atoms with van der Waals surface area (Å²) >= 11 is 0. The molecule has 0 bridgehead atoms. The molecule has 1 atom stereocenters. The Morgan fingerprint density at radius 2 is 2.04 bits per heavy atom. The molecule has 0 fully saturated rings. The fraction of sp³-hybridized carbons (Fsp3) is 0.278. The maximum absolute atomic E-state index is 12.5. The van der Waals surface area contributed by atoms with Crippen molar-refractivity contribution in [2.75, 3.05) is 25.0 Å². The number of hydrogen-bond acceptors (Lipinski definition) is 5. The van der Waals surface area contributed by atoms with Gasteiger partial charge in [0.25, 0.3) is 5.69 Å². The zero-order valence-corrected chi connectivity index (χ0v) is 14.3. The molecule has 136 valence electrons. The van der Waals surface area contributed by atoms with E-state index in [1.54, 1.807) is 11.0 Å². The van der Waals surface area contributed by atoms with Crippen LogP contribution in [0.4, 0.5) is 16.2 Å². The van der Waals surface area contributed by atoms with Crippen molar-refractivity contribution in [1.29, 1.82) is 0 Å². The van der Waals surface area contributed by atoms with E-state index in [4.69, 9.17) is 9.47 Å². The van der Waals surface area contributed by atoms with Gasteiger partial charge in [0.2, 0.25) is 0 Å². The Bertz CT molecular complexity index is 811. The third kappa shape index (κ3) is 4.02. The number of nitro groups is 1. The van der Waals surface area contributed by atoms with Crippen LogP contribution in [0.2, 0.25) is 0 Å². The molecular formula is C18H19N3O5. The highest BCUT2D eigenvalue weighted by Gasteiger charge is 2.25. The van der Waals surface area contributed by atoms with Crippen LogP contribution >= 0.6 is 0 Å². The van der Waals surface area contributed by atoms with E-state index in [1.807, 2.05) is 31.2 Å². The molecule has 0 saturated heterocycles. The van der Waals surface area contributed by atoms with Gasteiger partial charge in [-0.25, -0.2) is 4.79 Å². The normalized spacial score (nSPS) is 15.2. The minimum Gasteiger partial charge on any atom is -0.486 e. The largest absolute Gasteiger partial charge is 0.486 e. The fourth-order valence-corrected chi connectivity index (χ4v) is 2.65. The first-order chi connectivity index (χ1) is 12.6. The number of carbonyl (C=O) groups is 1. The van der Waals surface area contributed by atoms with Crippen molar-refractivity contribution < 1.29 is 19.2 Å². The Labute approximate surface area is 150 Å². The molecule has 1 heterocycles. The zero-order chi connectivity index (χ0) is 18.5. The number of fused-ring (bicyclic) bond motifs is 1. The van der Waals surface area contributed by atoms with Crippen molar-refractivity contribution in [3.63, 3.8) is 0 Å². The molecule has 8 nitrogen and oxygen atoms in total. The van der Waals surface area contributed by atoms with E-state index in [0.29, 0.717) is 36.9 Å². The van der Waals surface area contributed by atoms with E-state index < -0.39 is 4.92 Å². The van der Waals surface area contributed by atoms with Gasteiger partial charge >= 0.3 is 6.03 Å². The van der Waals surface area contributed by atoms with Crippen molar-refractivity contribution in [3.8, 4) is 11.5 Å². The lowest BCUT2D eigenvalue weighted by Gasteiger charge is -2.30. The molecule has 8 heteroatoms. The van der Waals surface area contributed by atoms with Crippen LogP contribution < -0.4 is 14.8 Å². The number of urea groups is 1. The number of nitro benzene ring substituents is 1. The second kappa shape index (κ2) is 7.73. The zero-order valence-electron chi connectivity index (χ0n) is 14.3. The SMILES string of the molecule is CCN(CC1COc2ccccc2O1)C(=O)Nc1cccc([N+](=O)[O-])c1. The van der Waals surface area contributed by atoms with Gasteiger partial charge in [0, 0.05) is 24.4 Å². The number of rotatable bonds is 5. The van der Waals surface area contributed by atoms with Crippen LogP contribution in [0.25, 0.3) is 0 Å². The molecule has 0 aromatic heterocycles. The molecule has 0 aliphatic carbocycles. The number of ether oxygens (including phenoxy) is 2. The van der Waals surface area contributed by atoms with Crippen LogP contribution in [0.5, 0.6) is 11.5 Å². The Hall–Kier alpha value is -3.29. The highest BCUT2D eigenvalue weighted by Crippen LogP contribution is 2.31. The van der Waals surface area contributed by atoms with E-state index in [9.17, 15) is 14.9 Å². The maximum Gasteiger partial charge on any atom is 0.321 e. The maximum atomic E-state index is 12.5. The minimum absolute atomic E-state index is 0.0773. The number of anilines is 1. The molecule has 0 radical (unpaired) electrons. The summed E-state index contributed by atoms with van der Waals surface area (Å²) in [5.74, 6) is 1.34. The van der Waals surface area contributed by atoms with E-state index in [2.05, 4.69) is 5.32 Å². The molecule has 3 rings (SSSR count).